The van der Waals surface area contributed by atoms with Gasteiger partial charge in [0.1, 0.15) is 18.2 Å². The third kappa shape index (κ3) is 5.01. The first-order valence-corrected chi connectivity index (χ1v) is 9.48. The van der Waals surface area contributed by atoms with Crippen molar-refractivity contribution in [2.45, 2.75) is 25.6 Å². The van der Waals surface area contributed by atoms with Crippen LogP contribution in [-0.2, 0) is 11.4 Å². The molecule has 3 aromatic rings. The van der Waals surface area contributed by atoms with Gasteiger partial charge in [-0.15, -0.1) is 10.2 Å². The fraction of sp³-hybridized carbons (Fsp3) is 0.211. The number of aromatic nitrogens is 3. The minimum atomic E-state index is -0.362. The van der Waals surface area contributed by atoms with Crippen LogP contribution in [0.5, 0.6) is 5.75 Å². The van der Waals surface area contributed by atoms with Crippen molar-refractivity contribution in [2.24, 2.45) is 0 Å². The molecule has 2 aromatic carbocycles. The van der Waals surface area contributed by atoms with Crippen LogP contribution in [0.1, 0.15) is 17.0 Å². The Bertz CT molecular complexity index is 975. The molecule has 0 saturated heterocycles. The molecule has 1 aromatic heterocycles. The molecular formula is C19H20FN5O2S. The van der Waals surface area contributed by atoms with Crippen LogP contribution in [0, 0.1) is 19.7 Å². The first-order valence-electron chi connectivity index (χ1n) is 8.50. The van der Waals surface area contributed by atoms with E-state index in [0.717, 1.165) is 28.6 Å². The zero-order chi connectivity index (χ0) is 20.1. The molecule has 0 radical (unpaired) electrons. The van der Waals surface area contributed by atoms with Crippen molar-refractivity contribution in [3.8, 4) is 5.75 Å². The standard InChI is InChI=1S/C19H20FN5O2S/c1-12-3-8-16(13(2)9-12)27-10-17-23-24-19(25(17)21)28-11-18(26)22-15-6-4-14(20)5-7-15/h3-9H,10-11,21H2,1-2H3,(H,22,26). The Balaban J connectivity index is 1.54. The van der Waals surface area contributed by atoms with Crippen LogP contribution < -0.4 is 15.9 Å². The number of ether oxygens (including phenoxy) is 1. The Kier molecular flexibility index (Phi) is 6.15. The summed E-state index contributed by atoms with van der Waals surface area (Å²) in [5, 5.41) is 11.1. The summed E-state index contributed by atoms with van der Waals surface area (Å²) in [5.41, 5.74) is 2.70. The van der Waals surface area contributed by atoms with Crippen LogP contribution in [0.4, 0.5) is 10.1 Å². The smallest absolute Gasteiger partial charge is 0.234 e. The van der Waals surface area contributed by atoms with Crippen LogP contribution in [0.15, 0.2) is 47.6 Å². The number of nitrogen functional groups attached to an aromatic ring is 1. The monoisotopic (exact) mass is 401 g/mol. The summed E-state index contributed by atoms with van der Waals surface area (Å²) in [6.45, 7) is 4.15. The molecule has 146 valence electrons. The predicted molar refractivity (Wildman–Crippen MR) is 106 cm³/mol. The number of rotatable bonds is 7. The number of thioether (sulfide) groups is 1. The highest BCUT2D eigenvalue weighted by Gasteiger charge is 2.13. The minimum Gasteiger partial charge on any atom is -0.485 e. The fourth-order valence-corrected chi connectivity index (χ4v) is 3.14. The summed E-state index contributed by atoms with van der Waals surface area (Å²) in [6, 6.07) is 11.4. The van der Waals surface area contributed by atoms with Crippen molar-refractivity contribution >= 4 is 23.4 Å². The number of halogens is 1. The fourth-order valence-electron chi connectivity index (χ4n) is 2.47. The van der Waals surface area contributed by atoms with Crippen molar-refractivity contribution < 1.29 is 13.9 Å². The van der Waals surface area contributed by atoms with Crippen LogP contribution >= 0.6 is 11.8 Å². The molecule has 0 aliphatic carbocycles. The van der Waals surface area contributed by atoms with E-state index in [9.17, 15) is 9.18 Å². The Labute approximate surface area is 166 Å². The van der Waals surface area contributed by atoms with E-state index in [1.807, 2.05) is 32.0 Å². The molecule has 7 nitrogen and oxygen atoms in total. The Morgan fingerprint density at radius 3 is 2.68 bits per heavy atom. The van der Waals surface area contributed by atoms with Crippen molar-refractivity contribution in [1.29, 1.82) is 0 Å². The van der Waals surface area contributed by atoms with Crippen LogP contribution in [0.3, 0.4) is 0 Å². The SMILES string of the molecule is Cc1ccc(OCc2nnc(SCC(=O)Nc3ccc(F)cc3)n2N)c(C)c1. The van der Waals surface area contributed by atoms with Crippen molar-refractivity contribution in [3.63, 3.8) is 0 Å². The van der Waals surface area contributed by atoms with E-state index in [0.29, 0.717) is 16.7 Å². The first kappa shape index (κ1) is 19.7. The predicted octanol–water partition coefficient (Wildman–Crippen LogP) is 3.06. The number of anilines is 1. The second-order valence-corrected chi connectivity index (χ2v) is 7.11. The number of amides is 1. The van der Waals surface area contributed by atoms with Gasteiger partial charge in [0.2, 0.25) is 11.1 Å². The number of carbonyl (C=O) groups excluding carboxylic acids is 1. The molecule has 0 bridgehead atoms. The third-order valence-electron chi connectivity index (χ3n) is 3.88. The first-order chi connectivity index (χ1) is 13.4. The topological polar surface area (TPSA) is 95.1 Å². The molecular weight excluding hydrogens is 381 g/mol. The van der Waals surface area contributed by atoms with Gasteiger partial charge in [-0.1, -0.05) is 29.5 Å². The number of nitrogens with zero attached hydrogens (tertiary/aromatic N) is 3. The number of nitrogens with one attached hydrogen (secondary N) is 1. The van der Waals surface area contributed by atoms with E-state index in [4.69, 9.17) is 10.6 Å². The van der Waals surface area contributed by atoms with E-state index in [2.05, 4.69) is 15.5 Å². The number of carbonyl (C=O) groups is 1. The maximum Gasteiger partial charge on any atom is 0.234 e. The molecule has 0 spiro atoms. The highest BCUT2D eigenvalue weighted by atomic mass is 32.2. The molecule has 0 saturated carbocycles. The molecule has 3 rings (SSSR count). The molecule has 0 unspecified atom stereocenters. The van der Waals surface area contributed by atoms with Crippen molar-refractivity contribution in [3.05, 3.63) is 65.2 Å². The van der Waals surface area contributed by atoms with Crippen molar-refractivity contribution in [1.82, 2.24) is 14.9 Å². The third-order valence-corrected chi connectivity index (χ3v) is 4.83. The zero-order valence-electron chi connectivity index (χ0n) is 15.5. The number of hydrogen-bond donors (Lipinski definition) is 2. The normalized spacial score (nSPS) is 10.7. The number of nitrogens with two attached hydrogens (primary N) is 1. The van der Waals surface area contributed by atoms with Gasteiger partial charge in [0.25, 0.3) is 0 Å². The van der Waals surface area contributed by atoms with Gasteiger partial charge in [-0.05, 0) is 49.7 Å². The highest BCUT2D eigenvalue weighted by Crippen LogP contribution is 2.21. The summed E-state index contributed by atoms with van der Waals surface area (Å²) in [6.07, 6.45) is 0. The summed E-state index contributed by atoms with van der Waals surface area (Å²) in [5.74, 6) is 6.67. The Morgan fingerprint density at radius 2 is 1.96 bits per heavy atom. The minimum absolute atomic E-state index is 0.0879. The maximum absolute atomic E-state index is 12.9. The van der Waals surface area contributed by atoms with Crippen molar-refractivity contribution in [2.75, 3.05) is 16.9 Å². The lowest BCUT2D eigenvalue weighted by Gasteiger charge is -2.09. The van der Waals surface area contributed by atoms with Gasteiger partial charge in [0, 0.05) is 5.69 Å². The molecule has 28 heavy (non-hydrogen) atoms. The van der Waals surface area contributed by atoms with E-state index < -0.39 is 0 Å². The van der Waals surface area contributed by atoms with Gasteiger partial charge in [-0.2, -0.15) is 0 Å². The molecule has 0 atom stereocenters. The van der Waals surface area contributed by atoms with Gasteiger partial charge >= 0.3 is 0 Å². The average Bonchev–Trinajstić information content (AvgIpc) is 3.01. The van der Waals surface area contributed by atoms with Gasteiger partial charge in [0.05, 0.1) is 5.75 Å². The molecule has 3 N–H and O–H groups in total. The lowest BCUT2D eigenvalue weighted by Crippen LogP contribution is -2.18. The lowest BCUT2D eigenvalue weighted by molar-refractivity contribution is -0.113. The Morgan fingerprint density at radius 1 is 1.21 bits per heavy atom. The summed E-state index contributed by atoms with van der Waals surface area (Å²) < 4.78 is 20.0. The van der Waals surface area contributed by atoms with E-state index in [-0.39, 0.29) is 24.1 Å². The van der Waals surface area contributed by atoms with Crippen LogP contribution in [0.2, 0.25) is 0 Å². The molecule has 0 aliphatic rings. The second-order valence-electron chi connectivity index (χ2n) is 6.17. The summed E-state index contributed by atoms with van der Waals surface area (Å²) >= 11 is 1.15. The van der Waals surface area contributed by atoms with E-state index in [1.165, 1.54) is 28.9 Å². The maximum atomic E-state index is 12.9. The molecule has 9 heteroatoms. The summed E-state index contributed by atoms with van der Waals surface area (Å²) in [7, 11) is 0. The van der Waals surface area contributed by atoms with Gasteiger partial charge < -0.3 is 15.9 Å². The van der Waals surface area contributed by atoms with Crippen LogP contribution in [0.25, 0.3) is 0 Å². The van der Waals surface area contributed by atoms with Gasteiger partial charge in [-0.25, -0.2) is 9.07 Å². The molecule has 0 fully saturated rings. The van der Waals surface area contributed by atoms with Gasteiger partial charge in [0.15, 0.2) is 5.82 Å². The highest BCUT2D eigenvalue weighted by molar-refractivity contribution is 7.99. The van der Waals surface area contributed by atoms with Crippen LogP contribution in [-0.4, -0.2) is 26.5 Å². The summed E-state index contributed by atoms with van der Waals surface area (Å²) in [4.78, 5) is 12.0. The number of benzene rings is 2. The quantitative estimate of drug-likeness (QED) is 0.467. The number of aryl methyl sites for hydroxylation is 2. The average molecular weight is 401 g/mol. The zero-order valence-corrected chi connectivity index (χ0v) is 16.3. The van der Waals surface area contributed by atoms with Gasteiger partial charge in [-0.3, -0.25) is 4.79 Å². The van der Waals surface area contributed by atoms with E-state index in [1.54, 1.807) is 0 Å². The number of hydrogen-bond acceptors (Lipinski definition) is 6. The Hall–Kier alpha value is -3.07. The molecule has 0 aliphatic heterocycles. The second kappa shape index (κ2) is 8.75. The van der Waals surface area contributed by atoms with E-state index >= 15 is 0 Å². The lowest BCUT2D eigenvalue weighted by atomic mass is 10.1. The largest absolute Gasteiger partial charge is 0.485 e. The molecule has 1 heterocycles. The molecule has 1 amide bonds.